The average Bonchev–Trinajstić information content (AvgIpc) is 2.05. The van der Waals surface area contributed by atoms with Crippen molar-refractivity contribution in [1.82, 2.24) is 4.72 Å². The fourth-order valence-corrected chi connectivity index (χ4v) is 1.72. The van der Waals surface area contributed by atoms with Crippen molar-refractivity contribution in [2.75, 3.05) is 0 Å². The molecule has 1 aromatic rings. The first-order valence-corrected chi connectivity index (χ1v) is 5.67. The Morgan fingerprint density at radius 3 is 2.17 bits per heavy atom. The topological polar surface area (TPSA) is 46.2 Å². The predicted molar refractivity (Wildman–Crippen MR) is 54.8 cm³/mol. The second-order valence-electron chi connectivity index (χ2n) is 2.10. The lowest BCUT2D eigenvalue weighted by molar-refractivity contribution is 0.590. The Morgan fingerprint density at radius 1 is 1.25 bits per heavy atom. The standard InChI is InChI=1S/C7H7INO2S/c1-9-12(10,11)7-4-2-6(8)3-5-7/h2-5,9H,1H2. The summed E-state index contributed by atoms with van der Waals surface area (Å²) >= 11 is 2.11. The molecular weight excluding hydrogens is 289 g/mol. The Morgan fingerprint density at radius 2 is 1.75 bits per heavy atom. The molecule has 1 radical (unpaired) electrons. The van der Waals surface area contributed by atoms with Gasteiger partial charge in [0.05, 0.1) is 4.90 Å². The largest absolute Gasteiger partial charge is 0.240 e. The maximum Gasteiger partial charge on any atom is 0.240 e. The minimum Gasteiger partial charge on any atom is -0.210 e. The molecule has 0 amide bonds. The predicted octanol–water partition coefficient (Wildman–Crippen LogP) is 1.36. The van der Waals surface area contributed by atoms with Gasteiger partial charge < -0.3 is 0 Å². The highest BCUT2D eigenvalue weighted by Crippen LogP contribution is 2.11. The molecule has 0 bridgehead atoms. The van der Waals surface area contributed by atoms with Crippen LogP contribution < -0.4 is 4.72 Å². The number of nitrogens with one attached hydrogen (secondary N) is 1. The summed E-state index contributed by atoms with van der Waals surface area (Å²) < 4.78 is 25.3. The number of sulfonamides is 1. The van der Waals surface area contributed by atoms with E-state index in [-0.39, 0.29) is 4.90 Å². The molecule has 3 nitrogen and oxygen atoms in total. The van der Waals surface area contributed by atoms with Crippen LogP contribution in [0.4, 0.5) is 0 Å². The summed E-state index contributed by atoms with van der Waals surface area (Å²) in [4.78, 5) is 0.234. The molecule has 0 unspecified atom stereocenters. The fourth-order valence-electron chi connectivity index (χ4n) is 0.697. The summed E-state index contributed by atoms with van der Waals surface area (Å²) in [5.74, 6) is 0. The summed E-state index contributed by atoms with van der Waals surface area (Å²) in [5, 5.41) is 0. The van der Waals surface area contributed by atoms with Crippen LogP contribution in [0.3, 0.4) is 0 Å². The Hall–Kier alpha value is -0.140. The Balaban J connectivity index is 3.14. The van der Waals surface area contributed by atoms with Crippen LogP contribution in [0, 0.1) is 10.6 Å². The molecule has 12 heavy (non-hydrogen) atoms. The zero-order valence-corrected chi connectivity index (χ0v) is 9.09. The number of hydrogen-bond acceptors (Lipinski definition) is 2. The van der Waals surface area contributed by atoms with E-state index < -0.39 is 10.0 Å². The third-order valence-corrected chi connectivity index (χ3v) is 3.31. The summed E-state index contributed by atoms with van der Waals surface area (Å²) in [6, 6.07) is 6.53. The molecule has 0 fully saturated rings. The van der Waals surface area contributed by atoms with E-state index in [1.165, 1.54) is 12.1 Å². The van der Waals surface area contributed by atoms with E-state index in [0.29, 0.717) is 0 Å². The number of hydrogen-bond donors (Lipinski definition) is 1. The summed E-state index contributed by atoms with van der Waals surface area (Å²) in [7, 11) is -0.263. The first kappa shape index (κ1) is 9.94. The molecule has 0 aliphatic carbocycles. The molecule has 0 heterocycles. The van der Waals surface area contributed by atoms with Crippen molar-refractivity contribution in [2.45, 2.75) is 4.90 Å². The third kappa shape index (κ3) is 2.18. The van der Waals surface area contributed by atoms with Crippen LogP contribution >= 0.6 is 22.6 Å². The lowest BCUT2D eigenvalue weighted by atomic mass is 10.4. The average molecular weight is 296 g/mol. The molecule has 0 aliphatic rings. The monoisotopic (exact) mass is 296 g/mol. The SMILES string of the molecule is [CH2]NS(=O)(=O)c1ccc(I)cc1. The van der Waals surface area contributed by atoms with Gasteiger partial charge in [-0.2, -0.15) is 0 Å². The van der Waals surface area contributed by atoms with Crippen molar-refractivity contribution < 1.29 is 8.42 Å². The second-order valence-corrected chi connectivity index (χ2v) is 5.11. The van der Waals surface area contributed by atoms with E-state index in [9.17, 15) is 8.42 Å². The number of halogens is 1. The van der Waals surface area contributed by atoms with Crippen LogP contribution in [0.1, 0.15) is 0 Å². The minimum absolute atomic E-state index is 0.234. The van der Waals surface area contributed by atoms with E-state index >= 15 is 0 Å². The number of rotatable bonds is 2. The molecule has 5 heteroatoms. The smallest absolute Gasteiger partial charge is 0.210 e. The van der Waals surface area contributed by atoms with Gasteiger partial charge in [0.1, 0.15) is 0 Å². The Kier molecular flexibility index (Phi) is 3.08. The minimum atomic E-state index is -3.38. The van der Waals surface area contributed by atoms with Crippen molar-refractivity contribution in [1.29, 1.82) is 0 Å². The number of benzene rings is 1. The van der Waals surface area contributed by atoms with Crippen molar-refractivity contribution in [3.05, 3.63) is 34.9 Å². The molecule has 0 atom stereocenters. The Labute approximate surface area is 85.4 Å². The van der Waals surface area contributed by atoms with E-state index in [1.807, 2.05) is 4.72 Å². The molecule has 1 rings (SSSR count). The summed E-state index contributed by atoms with van der Waals surface area (Å²) in [5.41, 5.74) is 0. The zero-order chi connectivity index (χ0) is 9.19. The van der Waals surface area contributed by atoms with Gasteiger partial charge in [-0.15, -0.1) is 0 Å². The first-order valence-electron chi connectivity index (χ1n) is 3.11. The van der Waals surface area contributed by atoms with Crippen molar-refractivity contribution in [2.24, 2.45) is 0 Å². The molecule has 0 saturated heterocycles. The van der Waals surface area contributed by atoms with Crippen LogP contribution in [-0.4, -0.2) is 8.42 Å². The molecule has 0 saturated carbocycles. The second kappa shape index (κ2) is 3.71. The van der Waals surface area contributed by atoms with Crippen LogP contribution in [0.25, 0.3) is 0 Å². The highest BCUT2D eigenvalue weighted by Gasteiger charge is 2.09. The quantitative estimate of drug-likeness (QED) is 0.838. The van der Waals surface area contributed by atoms with E-state index in [1.54, 1.807) is 12.1 Å². The third-order valence-electron chi connectivity index (χ3n) is 1.31. The van der Waals surface area contributed by atoms with Crippen LogP contribution in [0.5, 0.6) is 0 Å². The van der Waals surface area contributed by atoms with Crippen LogP contribution in [-0.2, 0) is 10.0 Å². The van der Waals surface area contributed by atoms with Gasteiger partial charge in [-0.05, 0) is 46.9 Å². The van der Waals surface area contributed by atoms with Gasteiger partial charge in [-0.25, -0.2) is 13.1 Å². The lowest BCUT2D eigenvalue weighted by Crippen LogP contribution is -2.16. The van der Waals surface area contributed by atoms with Crippen molar-refractivity contribution >= 4 is 32.6 Å². The van der Waals surface area contributed by atoms with Crippen LogP contribution in [0.2, 0.25) is 0 Å². The molecule has 1 N–H and O–H groups in total. The van der Waals surface area contributed by atoms with Gasteiger partial charge in [-0.1, -0.05) is 0 Å². The molecule has 65 valence electrons. The zero-order valence-electron chi connectivity index (χ0n) is 6.12. The van der Waals surface area contributed by atoms with Gasteiger partial charge in [0.25, 0.3) is 0 Å². The van der Waals surface area contributed by atoms with Gasteiger partial charge >= 0.3 is 0 Å². The summed E-state index contributed by atoms with van der Waals surface area (Å²) in [6.07, 6.45) is 0. The molecule has 0 aromatic heterocycles. The first-order chi connectivity index (χ1) is 5.56. The molecule has 0 aliphatic heterocycles. The van der Waals surface area contributed by atoms with Crippen molar-refractivity contribution in [3.63, 3.8) is 0 Å². The maximum atomic E-state index is 11.1. The molecule has 1 aromatic carbocycles. The van der Waals surface area contributed by atoms with Crippen molar-refractivity contribution in [3.8, 4) is 0 Å². The highest BCUT2D eigenvalue weighted by molar-refractivity contribution is 14.1. The van der Waals surface area contributed by atoms with Gasteiger partial charge in [0.15, 0.2) is 0 Å². The van der Waals surface area contributed by atoms with Gasteiger partial charge in [0.2, 0.25) is 10.0 Å². The van der Waals surface area contributed by atoms with Crippen LogP contribution in [0.15, 0.2) is 29.2 Å². The van der Waals surface area contributed by atoms with E-state index in [4.69, 9.17) is 0 Å². The summed E-state index contributed by atoms with van der Waals surface area (Å²) in [6.45, 7) is 0. The van der Waals surface area contributed by atoms with Gasteiger partial charge in [-0.3, -0.25) is 0 Å². The highest BCUT2D eigenvalue weighted by atomic mass is 127. The lowest BCUT2D eigenvalue weighted by Gasteiger charge is -2.00. The fraction of sp³-hybridized carbons (Fsp3) is 0. The maximum absolute atomic E-state index is 11.1. The molecular formula is C7H7INO2S. The van der Waals surface area contributed by atoms with E-state index in [0.717, 1.165) is 3.57 Å². The molecule has 0 spiro atoms. The van der Waals surface area contributed by atoms with Gasteiger partial charge in [0, 0.05) is 10.6 Å². The normalized spacial score (nSPS) is 11.5. The van der Waals surface area contributed by atoms with E-state index in [2.05, 4.69) is 29.6 Å². The Bertz CT molecular complexity index is 357.